The quantitative estimate of drug-likeness (QED) is 0.839. The molecule has 1 aromatic carbocycles. The molecule has 1 aromatic rings. The zero-order valence-corrected chi connectivity index (χ0v) is 13.8. The minimum absolute atomic E-state index is 0.0989. The first-order valence-electron chi connectivity index (χ1n) is 8.07. The molecule has 1 atom stereocenters. The van der Waals surface area contributed by atoms with Crippen molar-refractivity contribution in [2.45, 2.75) is 32.2 Å². The number of halogens is 1. The molecular weight excluding hydrogens is 283 g/mol. The zero-order chi connectivity index (χ0) is 15.9. The van der Waals surface area contributed by atoms with Crippen molar-refractivity contribution in [1.29, 1.82) is 0 Å². The number of piperazine rings is 1. The van der Waals surface area contributed by atoms with Crippen molar-refractivity contribution in [3.8, 4) is 11.5 Å². The second-order valence-corrected chi connectivity index (χ2v) is 5.67. The van der Waals surface area contributed by atoms with Crippen molar-refractivity contribution in [2.24, 2.45) is 0 Å². The summed E-state index contributed by atoms with van der Waals surface area (Å²) in [5.41, 5.74) is 0.716. The van der Waals surface area contributed by atoms with Crippen LogP contribution in [0.2, 0.25) is 0 Å². The molecule has 0 amide bonds. The Hall–Kier alpha value is -1.33. The van der Waals surface area contributed by atoms with E-state index in [-0.39, 0.29) is 11.9 Å². The lowest BCUT2D eigenvalue weighted by Gasteiger charge is -2.35. The van der Waals surface area contributed by atoms with Crippen molar-refractivity contribution >= 4 is 0 Å². The van der Waals surface area contributed by atoms with Gasteiger partial charge in [-0.15, -0.1) is 0 Å². The molecule has 1 saturated heterocycles. The summed E-state index contributed by atoms with van der Waals surface area (Å²) in [6, 6.07) is 3.34. The topological polar surface area (TPSA) is 33.7 Å². The van der Waals surface area contributed by atoms with Crippen LogP contribution in [0.3, 0.4) is 0 Å². The molecule has 5 heteroatoms. The third-order valence-corrected chi connectivity index (χ3v) is 4.29. The van der Waals surface area contributed by atoms with Gasteiger partial charge in [-0.05, 0) is 12.5 Å². The molecule has 0 radical (unpaired) electrons. The van der Waals surface area contributed by atoms with Crippen LogP contribution in [0.15, 0.2) is 12.1 Å². The fourth-order valence-corrected chi connectivity index (χ4v) is 3.05. The van der Waals surface area contributed by atoms with Crippen LogP contribution in [0.4, 0.5) is 4.39 Å². The first-order valence-corrected chi connectivity index (χ1v) is 8.07. The van der Waals surface area contributed by atoms with E-state index in [0.29, 0.717) is 17.1 Å². The van der Waals surface area contributed by atoms with Gasteiger partial charge in [-0.2, -0.15) is 0 Å². The largest absolute Gasteiger partial charge is 0.493 e. The van der Waals surface area contributed by atoms with Crippen LogP contribution in [-0.4, -0.2) is 45.3 Å². The third-order valence-electron chi connectivity index (χ3n) is 4.29. The molecule has 0 unspecified atom stereocenters. The number of benzene rings is 1. The fourth-order valence-electron chi connectivity index (χ4n) is 3.05. The SMILES string of the molecule is CCCC[C@@H](c1cc(OC)c(OC)cc1F)N1CCNCC1. The molecule has 4 nitrogen and oxygen atoms in total. The summed E-state index contributed by atoms with van der Waals surface area (Å²) < 4.78 is 25.1. The molecule has 1 aliphatic rings. The molecule has 0 saturated carbocycles. The average Bonchev–Trinajstić information content (AvgIpc) is 2.57. The Morgan fingerprint density at radius 1 is 1.18 bits per heavy atom. The summed E-state index contributed by atoms with van der Waals surface area (Å²) in [5, 5.41) is 3.35. The lowest BCUT2D eigenvalue weighted by atomic mass is 9.97. The molecule has 0 spiro atoms. The van der Waals surface area contributed by atoms with Crippen LogP contribution >= 0.6 is 0 Å². The molecular formula is C17H27FN2O2. The molecule has 0 aromatic heterocycles. The van der Waals surface area contributed by atoms with Crippen LogP contribution in [0.1, 0.15) is 37.8 Å². The van der Waals surface area contributed by atoms with E-state index in [1.54, 1.807) is 13.2 Å². The van der Waals surface area contributed by atoms with Crippen molar-refractivity contribution in [2.75, 3.05) is 40.4 Å². The summed E-state index contributed by atoms with van der Waals surface area (Å²) in [7, 11) is 3.12. The molecule has 0 bridgehead atoms. The molecule has 1 N–H and O–H groups in total. The summed E-state index contributed by atoms with van der Waals surface area (Å²) in [4.78, 5) is 2.37. The van der Waals surface area contributed by atoms with Crippen LogP contribution in [0, 0.1) is 5.82 Å². The Kier molecular flexibility index (Phi) is 6.46. The van der Waals surface area contributed by atoms with Crippen LogP contribution < -0.4 is 14.8 Å². The Balaban J connectivity index is 2.32. The van der Waals surface area contributed by atoms with Crippen molar-refractivity contribution in [1.82, 2.24) is 10.2 Å². The second kappa shape index (κ2) is 8.34. The predicted molar refractivity (Wildman–Crippen MR) is 86.2 cm³/mol. The highest BCUT2D eigenvalue weighted by Gasteiger charge is 2.25. The second-order valence-electron chi connectivity index (χ2n) is 5.67. The van der Waals surface area contributed by atoms with Gasteiger partial charge in [0.15, 0.2) is 11.5 Å². The highest BCUT2D eigenvalue weighted by molar-refractivity contribution is 5.44. The van der Waals surface area contributed by atoms with E-state index < -0.39 is 0 Å². The molecule has 0 aliphatic carbocycles. The van der Waals surface area contributed by atoms with Crippen molar-refractivity contribution in [3.63, 3.8) is 0 Å². The number of rotatable bonds is 7. The van der Waals surface area contributed by atoms with Gasteiger partial charge in [-0.1, -0.05) is 19.8 Å². The summed E-state index contributed by atoms with van der Waals surface area (Å²) in [5.74, 6) is 0.825. The smallest absolute Gasteiger partial charge is 0.163 e. The predicted octanol–water partition coefficient (Wildman–Crippen LogP) is 2.98. The summed E-state index contributed by atoms with van der Waals surface area (Å²) in [6.07, 6.45) is 3.16. The van der Waals surface area contributed by atoms with E-state index in [9.17, 15) is 4.39 Å². The normalized spacial score (nSPS) is 17.3. The number of hydrogen-bond donors (Lipinski definition) is 1. The monoisotopic (exact) mass is 310 g/mol. The van der Waals surface area contributed by atoms with Gasteiger partial charge in [0.2, 0.25) is 0 Å². The Labute approximate surface area is 132 Å². The van der Waals surface area contributed by atoms with Gasteiger partial charge in [-0.25, -0.2) is 4.39 Å². The number of unbranched alkanes of at least 4 members (excludes halogenated alkanes) is 1. The van der Waals surface area contributed by atoms with Crippen molar-refractivity contribution in [3.05, 3.63) is 23.5 Å². The molecule has 124 valence electrons. The lowest BCUT2D eigenvalue weighted by molar-refractivity contribution is 0.159. The van der Waals surface area contributed by atoms with Crippen LogP contribution in [-0.2, 0) is 0 Å². The molecule has 1 heterocycles. The van der Waals surface area contributed by atoms with Gasteiger partial charge >= 0.3 is 0 Å². The van der Waals surface area contributed by atoms with Gasteiger partial charge in [0, 0.05) is 43.9 Å². The van der Waals surface area contributed by atoms with Gasteiger partial charge in [0.1, 0.15) is 5.82 Å². The lowest BCUT2D eigenvalue weighted by Crippen LogP contribution is -2.45. The van der Waals surface area contributed by atoms with Gasteiger partial charge < -0.3 is 14.8 Å². The third kappa shape index (κ3) is 3.90. The van der Waals surface area contributed by atoms with E-state index in [1.807, 2.05) is 0 Å². The fraction of sp³-hybridized carbons (Fsp3) is 0.647. The number of nitrogens with one attached hydrogen (secondary N) is 1. The minimum atomic E-state index is -0.211. The summed E-state index contributed by atoms with van der Waals surface area (Å²) >= 11 is 0. The van der Waals surface area contributed by atoms with E-state index in [1.165, 1.54) is 13.2 Å². The first-order chi connectivity index (χ1) is 10.7. The Morgan fingerprint density at radius 2 is 1.82 bits per heavy atom. The Morgan fingerprint density at radius 3 is 2.41 bits per heavy atom. The number of hydrogen-bond acceptors (Lipinski definition) is 4. The molecule has 22 heavy (non-hydrogen) atoms. The van der Waals surface area contributed by atoms with Crippen LogP contribution in [0.25, 0.3) is 0 Å². The maximum atomic E-state index is 14.6. The maximum absolute atomic E-state index is 14.6. The zero-order valence-electron chi connectivity index (χ0n) is 13.8. The number of ether oxygens (including phenoxy) is 2. The standard InChI is InChI=1S/C17H27FN2O2/c1-4-5-6-15(20-9-7-19-8-10-20)13-11-16(21-2)17(22-3)12-14(13)18/h11-12,15,19H,4-10H2,1-3H3/t15-/m0/s1. The highest BCUT2D eigenvalue weighted by Crippen LogP contribution is 2.36. The number of methoxy groups -OCH3 is 2. The maximum Gasteiger partial charge on any atom is 0.163 e. The van der Waals surface area contributed by atoms with Gasteiger partial charge in [0.25, 0.3) is 0 Å². The van der Waals surface area contributed by atoms with E-state index in [0.717, 1.165) is 45.4 Å². The summed E-state index contributed by atoms with van der Waals surface area (Å²) in [6.45, 7) is 5.97. The molecule has 1 aliphatic heterocycles. The number of nitrogens with zero attached hydrogens (tertiary/aromatic N) is 1. The van der Waals surface area contributed by atoms with Crippen LogP contribution in [0.5, 0.6) is 11.5 Å². The first kappa shape index (κ1) is 17.0. The van der Waals surface area contributed by atoms with Gasteiger partial charge in [-0.3, -0.25) is 4.90 Å². The van der Waals surface area contributed by atoms with E-state index in [2.05, 4.69) is 17.1 Å². The Bertz CT molecular complexity index is 476. The van der Waals surface area contributed by atoms with Crippen molar-refractivity contribution < 1.29 is 13.9 Å². The molecule has 2 rings (SSSR count). The van der Waals surface area contributed by atoms with E-state index in [4.69, 9.17) is 9.47 Å². The minimum Gasteiger partial charge on any atom is -0.493 e. The van der Waals surface area contributed by atoms with Gasteiger partial charge in [0.05, 0.1) is 14.2 Å². The highest BCUT2D eigenvalue weighted by atomic mass is 19.1. The van der Waals surface area contributed by atoms with E-state index >= 15 is 0 Å². The average molecular weight is 310 g/mol. The molecule has 1 fully saturated rings.